The number of rotatable bonds is 10. The summed E-state index contributed by atoms with van der Waals surface area (Å²) in [6.07, 6.45) is 13.5. The fraction of sp³-hybridized carbons (Fsp3) is 0.506. The van der Waals surface area contributed by atoms with Gasteiger partial charge in [-0.05, 0) is 129 Å². The van der Waals surface area contributed by atoms with Crippen LogP contribution in [-0.2, 0) is 66.9 Å². The first-order valence-corrected chi connectivity index (χ1v) is 37.5. The fourth-order valence-electron chi connectivity index (χ4n) is 14.2. The Kier molecular flexibility index (Phi) is 24.0. The van der Waals surface area contributed by atoms with Crippen LogP contribution >= 0.6 is 0 Å². The van der Waals surface area contributed by atoms with Crippen molar-refractivity contribution in [3.8, 4) is 22.3 Å². The van der Waals surface area contributed by atoms with Crippen molar-refractivity contribution in [1.82, 2.24) is 31.1 Å². The van der Waals surface area contributed by atoms with Gasteiger partial charge in [0, 0.05) is 53.5 Å². The van der Waals surface area contributed by atoms with Crippen molar-refractivity contribution in [1.29, 1.82) is 0 Å². The van der Waals surface area contributed by atoms with Gasteiger partial charge in [0.15, 0.2) is 0 Å². The van der Waals surface area contributed by atoms with Gasteiger partial charge < -0.3 is 60.1 Å². The molecule has 103 heavy (non-hydrogen) atoms. The smallest absolute Gasteiger partial charge is 0.408 e. The molecule has 12 rings (SSSR count). The van der Waals surface area contributed by atoms with E-state index >= 15 is 0 Å². The van der Waals surface area contributed by atoms with Crippen molar-refractivity contribution in [2.45, 2.75) is 204 Å². The summed E-state index contributed by atoms with van der Waals surface area (Å²) >= 11 is 0. The molecule has 0 aromatic heterocycles. The highest BCUT2D eigenvalue weighted by Gasteiger charge is 2.64. The molecule has 8 aliphatic rings. The highest BCUT2D eigenvalue weighted by Crippen LogP contribution is 2.48. The highest BCUT2D eigenvalue weighted by molar-refractivity contribution is 7.86. The van der Waals surface area contributed by atoms with Crippen molar-refractivity contribution >= 4 is 69.3 Å². The molecule has 4 aliphatic heterocycles. The van der Waals surface area contributed by atoms with Crippen LogP contribution in [-0.4, -0.2) is 174 Å². The lowest BCUT2D eigenvalue weighted by Crippen LogP contribution is -2.56. The Morgan fingerprint density at radius 1 is 0.553 bits per heavy atom. The minimum absolute atomic E-state index is 0.0687. The molecule has 2 saturated carbocycles. The standard InChI is InChI=1S/C38H46N4O7.C26H41N3O9S.C13H9NO/c1-5-47-35(45)38-22-24(38)15-9-7-6-8-10-20-30(39-36(46)48-37(2,3)4)34(44)42-23-25(21-31(42)33(43)40-38)49-41-32-28-18-13-11-16-26(28)27-17-12-14-19-29(27)32;1-6-36-23(32)26-15-17(26)12-10-8-7-9-11-13-19(27-24(33)37-25(2,3)4)22(31)29-16-18(38-39(5,34)35)14-20(29)21(30)28-26;15-14-13-11-7-3-1-5-9(11)10-6-2-4-8-12(10)13/h9,11-19,24-25,30-31H,5-8,10,20-23H2,1-4H3,(H,39,46)(H,40,43);10,12,17-20H,6-9,11,13-16H2,1-5H3,(H,27,33)(H,28,30);1-8,15H/b15-9-;12-10-;/t24-,25-,30+,31+,38-;17-,18+,19+,20+,26-;/m11./s1. The molecule has 0 radical (unpaired) electrons. The summed E-state index contributed by atoms with van der Waals surface area (Å²) in [6, 6.07) is 27.9. The van der Waals surface area contributed by atoms with E-state index in [0.29, 0.717) is 49.9 Å². The van der Waals surface area contributed by atoms with E-state index < -0.39 is 117 Å². The maximum absolute atomic E-state index is 14.3. The van der Waals surface area contributed by atoms with Crippen LogP contribution in [0.1, 0.15) is 168 Å². The summed E-state index contributed by atoms with van der Waals surface area (Å²) in [4.78, 5) is 116. The topological polar surface area (TPSA) is 326 Å². The van der Waals surface area contributed by atoms with Gasteiger partial charge in [-0.1, -0.05) is 157 Å². The molecule has 2 saturated heterocycles. The zero-order valence-corrected chi connectivity index (χ0v) is 60.9. The number of nitrogens with one attached hydrogen (secondary N) is 4. The fourth-order valence-corrected chi connectivity index (χ4v) is 14.9. The summed E-state index contributed by atoms with van der Waals surface area (Å²) in [5.74, 6) is -3.54. The van der Waals surface area contributed by atoms with Gasteiger partial charge in [-0.15, -0.1) is 0 Å². The molecule has 4 aliphatic carbocycles. The maximum atomic E-state index is 14.3. The first-order chi connectivity index (χ1) is 49.1. The number of fused-ring (bicyclic) bond motifs is 10. The number of hydrogen-bond acceptors (Lipinski definition) is 19. The third kappa shape index (κ3) is 18.5. The third-order valence-corrected chi connectivity index (χ3v) is 19.8. The predicted octanol–water partition coefficient (Wildman–Crippen LogP) is 9.93. The first-order valence-electron chi connectivity index (χ1n) is 35.7. The number of ether oxygens (including phenoxy) is 4. The lowest BCUT2D eigenvalue weighted by atomic mass is 10.0. The maximum Gasteiger partial charge on any atom is 0.408 e. The number of alkyl carbamates (subject to hydrolysis) is 2. The van der Waals surface area contributed by atoms with Gasteiger partial charge in [0.2, 0.25) is 23.6 Å². The van der Waals surface area contributed by atoms with Crippen molar-refractivity contribution in [3.63, 3.8) is 0 Å². The first kappa shape index (κ1) is 76.2. The van der Waals surface area contributed by atoms with Crippen LogP contribution in [0.5, 0.6) is 0 Å². The zero-order valence-electron chi connectivity index (χ0n) is 60.1. The van der Waals surface area contributed by atoms with E-state index in [1.54, 1.807) is 55.4 Å². The molecule has 5 N–H and O–H groups in total. The molecule has 0 unspecified atom stereocenters. The Morgan fingerprint density at radius 2 is 0.922 bits per heavy atom. The molecule has 4 aromatic carbocycles. The van der Waals surface area contributed by atoms with Crippen LogP contribution in [0.2, 0.25) is 0 Å². The predicted molar refractivity (Wildman–Crippen MR) is 384 cm³/mol. The molecule has 4 aromatic rings. The molecule has 0 bridgehead atoms. The Morgan fingerprint density at radius 3 is 1.29 bits per heavy atom. The molecule has 10 atom stereocenters. The Hall–Kier alpha value is -9.43. The van der Waals surface area contributed by atoms with Crippen molar-refractivity contribution in [3.05, 3.63) is 144 Å². The number of benzene rings is 4. The van der Waals surface area contributed by atoms with Gasteiger partial charge in [-0.2, -0.15) is 8.42 Å². The lowest BCUT2D eigenvalue weighted by molar-refractivity contribution is -0.150. The van der Waals surface area contributed by atoms with E-state index in [2.05, 4.69) is 31.6 Å². The molecule has 6 amide bonds. The lowest BCUT2D eigenvalue weighted by Gasteiger charge is -2.30. The largest absolute Gasteiger partial charge is 0.464 e. The van der Waals surface area contributed by atoms with E-state index in [4.69, 9.17) is 33.2 Å². The molecular formula is C77H96N8O17S. The van der Waals surface area contributed by atoms with Crippen molar-refractivity contribution in [2.75, 3.05) is 32.6 Å². The minimum Gasteiger partial charge on any atom is -0.464 e. The van der Waals surface area contributed by atoms with E-state index in [0.717, 1.165) is 89.3 Å². The van der Waals surface area contributed by atoms with Crippen LogP contribution in [0, 0.1) is 11.8 Å². The Labute approximate surface area is 602 Å². The van der Waals surface area contributed by atoms with E-state index in [-0.39, 0.29) is 51.0 Å². The van der Waals surface area contributed by atoms with Crippen molar-refractivity contribution < 1.29 is 79.9 Å². The van der Waals surface area contributed by atoms with E-state index in [9.17, 15) is 46.8 Å². The second-order valence-corrected chi connectivity index (χ2v) is 30.8. The third-order valence-electron chi connectivity index (χ3n) is 19.2. The molecule has 4 fully saturated rings. The number of oxime groups is 2. The zero-order chi connectivity index (χ0) is 74.0. The normalized spacial score (nSPS) is 26.5. The van der Waals surface area contributed by atoms with Crippen LogP contribution in [0.25, 0.3) is 22.3 Å². The number of carbonyl (C=O) groups excluding carboxylic acids is 8. The van der Waals surface area contributed by atoms with Crippen LogP contribution in [0.3, 0.4) is 0 Å². The quantitative estimate of drug-likeness (QED) is 0.0213. The average Bonchev–Trinajstić information content (AvgIpc) is 1.58. The number of amides is 6. The number of hydrogen-bond donors (Lipinski definition) is 5. The van der Waals surface area contributed by atoms with E-state index in [1.807, 2.05) is 121 Å². The summed E-state index contributed by atoms with van der Waals surface area (Å²) in [5.41, 5.74) is 5.65. The second kappa shape index (κ2) is 32.5. The Balaban J connectivity index is 0.000000187. The van der Waals surface area contributed by atoms with Gasteiger partial charge in [0.25, 0.3) is 10.1 Å². The monoisotopic (exact) mass is 1440 g/mol. The molecule has 26 heteroatoms. The highest BCUT2D eigenvalue weighted by atomic mass is 32.2. The van der Waals surface area contributed by atoms with Gasteiger partial charge >= 0.3 is 24.1 Å². The Bertz CT molecular complexity index is 3990. The van der Waals surface area contributed by atoms with Gasteiger partial charge in [-0.3, -0.25) is 23.4 Å². The van der Waals surface area contributed by atoms with Crippen LogP contribution < -0.4 is 21.3 Å². The molecule has 0 spiro atoms. The average molecular weight is 1440 g/mol. The minimum atomic E-state index is -3.87. The summed E-state index contributed by atoms with van der Waals surface area (Å²) in [7, 11) is -3.87. The number of nitrogens with zero attached hydrogens (tertiary/aromatic N) is 4. The SMILES string of the molecule is CCOC(=O)[C@@]12C[C@H]1/C=C\CCCCC[C@H](NC(=O)OC(C)(C)C)C(=O)N1C[C@@H](OS(C)(=O)=O)C[C@H]1C(=O)N2.CCOC(=O)[C@@]12C[C@H]1/C=C\CCCCC[C@H](NC(=O)OC(C)(C)C)C(=O)N1C[C@H](ON=C3c4ccccc4-c4ccccc43)C[C@H]1C(=O)N2.ON=C1c2ccccc2-c2ccccc21. The summed E-state index contributed by atoms with van der Waals surface area (Å²) < 4.78 is 50.3. The summed E-state index contributed by atoms with van der Waals surface area (Å²) in [6.45, 7) is 14.0. The van der Waals surface area contributed by atoms with Gasteiger partial charge in [0.1, 0.15) is 64.0 Å². The van der Waals surface area contributed by atoms with Crippen molar-refractivity contribution in [2.24, 2.45) is 22.1 Å². The second-order valence-electron chi connectivity index (χ2n) is 29.2. The van der Waals surface area contributed by atoms with Crippen LogP contribution in [0.15, 0.2) is 132 Å². The van der Waals surface area contributed by atoms with Crippen LogP contribution in [0.4, 0.5) is 9.59 Å². The number of esters is 2. The number of allylic oxidation sites excluding steroid dienone is 2. The molecule has 552 valence electrons. The molecule has 25 nitrogen and oxygen atoms in total. The van der Waals surface area contributed by atoms with Gasteiger partial charge in [-0.25, -0.2) is 19.2 Å². The molecule has 4 heterocycles. The van der Waals surface area contributed by atoms with Gasteiger partial charge in [0.05, 0.1) is 32.1 Å². The molecular weight excluding hydrogens is 1340 g/mol. The summed E-state index contributed by atoms with van der Waals surface area (Å²) in [5, 5.41) is 28.3. The van der Waals surface area contributed by atoms with E-state index in [1.165, 1.54) is 9.80 Å². The number of carbonyl (C=O) groups is 8.